The standard InChI is InChI=1S/C12H13N3O3/c13-7-9-3-4-10(6-12(9)15(17)18)14-5-1-2-11(16)8-14/h3-4,6,11,16H,1-2,5,8H2. The van der Waals surface area contributed by atoms with Gasteiger partial charge in [0, 0.05) is 24.8 Å². The minimum absolute atomic E-state index is 0.0568. The van der Waals surface area contributed by atoms with Gasteiger partial charge in [-0.2, -0.15) is 5.26 Å². The van der Waals surface area contributed by atoms with E-state index in [-0.39, 0.29) is 11.3 Å². The number of nitrogens with zero attached hydrogens (tertiary/aromatic N) is 3. The summed E-state index contributed by atoms with van der Waals surface area (Å²) >= 11 is 0. The molecule has 0 aromatic heterocycles. The Morgan fingerprint density at radius 1 is 1.56 bits per heavy atom. The van der Waals surface area contributed by atoms with Crippen molar-refractivity contribution >= 4 is 11.4 Å². The molecule has 0 saturated carbocycles. The molecule has 1 saturated heterocycles. The molecule has 18 heavy (non-hydrogen) atoms. The molecule has 1 atom stereocenters. The zero-order valence-corrected chi connectivity index (χ0v) is 9.74. The van der Waals surface area contributed by atoms with Gasteiger partial charge in [-0.1, -0.05) is 0 Å². The van der Waals surface area contributed by atoms with Crippen molar-refractivity contribution in [2.24, 2.45) is 0 Å². The van der Waals surface area contributed by atoms with Crippen molar-refractivity contribution in [1.29, 1.82) is 5.26 Å². The summed E-state index contributed by atoms with van der Waals surface area (Å²) in [6.07, 6.45) is 1.22. The van der Waals surface area contributed by atoms with Crippen molar-refractivity contribution in [2.45, 2.75) is 18.9 Å². The van der Waals surface area contributed by atoms with Crippen LogP contribution in [0.3, 0.4) is 0 Å². The number of nitriles is 1. The quantitative estimate of drug-likeness (QED) is 0.630. The molecule has 0 spiro atoms. The summed E-state index contributed by atoms with van der Waals surface area (Å²) < 4.78 is 0. The van der Waals surface area contributed by atoms with Gasteiger partial charge in [-0.15, -0.1) is 0 Å². The van der Waals surface area contributed by atoms with Crippen LogP contribution in [0.25, 0.3) is 0 Å². The highest BCUT2D eigenvalue weighted by Crippen LogP contribution is 2.27. The number of aliphatic hydroxyl groups is 1. The number of nitro benzene ring substituents is 1. The van der Waals surface area contributed by atoms with Crippen LogP contribution in [-0.4, -0.2) is 29.2 Å². The summed E-state index contributed by atoms with van der Waals surface area (Å²) in [5, 5.41) is 29.3. The molecule has 1 aliphatic rings. The SMILES string of the molecule is N#Cc1ccc(N2CCCC(O)C2)cc1[N+](=O)[O-]. The monoisotopic (exact) mass is 247 g/mol. The lowest BCUT2D eigenvalue weighted by molar-refractivity contribution is -0.385. The molecule has 94 valence electrons. The van der Waals surface area contributed by atoms with Crippen LogP contribution < -0.4 is 4.90 Å². The number of hydrogen-bond acceptors (Lipinski definition) is 5. The number of aliphatic hydroxyl groups excluding tert-OH is 1. The first-order valence-corrected chi connectivity index (χ1v) is 5.73. The molecular weight excluding hydrogens is 234 g/mol. The third kappa shape index (κ3) is 2.41. The van der Waals surface area contributed by atoms with Crippen LogP contribution in [0.2, 0.25) is 0 Å². The van der Waals surface area contributed by atoms with Crippen LogP contribution in [-0.2, 0) is 0 Å². The molecular formula is C12H13N3O3. The van der Waals surface area contributed by atoms with Gasteiger partial charge >= 0.3 is 0 Å². The van der Waals surface area contributed by atoms with E-state index in [1.165, 1.54) is 12.1 Å². The summed E-state index contributed by atoms with van der Waals surface area (Å²) in [4.78, 5) is 12.2. The van der Waals surface area contributed by atoms with Crippen molar-refractivity contribution in [3.05, 3.63) is 33.9 Å². The van der Waals surface area contributed by atoms with Gasteiger partial charge < -0.3 is 10.0 Å². The van der Waals surface area contributed by atoms with Crippen LogP contribution in [0.5, 0.6) is 0 Å². The molecule has 0 aliphatic carbocycles. The molecule has 6 nitrogen and oxygen atoms in total. The molecule has 0 amide bonds. The number of anilines is 1. The molecule has 1 heterocycles. The lowest BCUT2D eigenvalue weighted by Crippen LogP contribution is -2.38. The van der Waals surface area contributed by atoms with E-state index < -0.39 is 11.0 Å². The van der Waals surface area contributed by atoms with Gasteiger partial charge in [-0.3, -0.25) is 10.1 Å². The molecule has 1 aromatic rings. The minimum atomic E-state index is -0.553. The highest BCUT2D eigenvalue weighted by Gasteiger charge is 2.21. The fourth-order valence-electron chi connectivity index (χ4n) is 2.15. The van der Waals surface area contributed by atoms with Crippen molar-refractivity contribution in [3.8, 4) is 6.07 Å². The maximum Gasteiger partial charge on any atom is 0.289 e. The number of rotatable bonds is 2. The average molecular weight is 247 g/mol. The van der Waals surface area contributed by atoms with Gasteiger partial charge in [0.15, 0.2) is 0 Å². The van der Waals surface area contributed by atoms with Crippen molar-refractivity contribution < 1.29 is 10.0 Å². The maximum absolute atomic E-state index is 10.9. The first-order valence-electron chi connectivity index (χ1n) is 5.73. The Morgan fingerprint density at radius 2 is 2.33 bits per heavy atom. The lowest BCUT2D eigenvalue weighted by atomic mass is 10.1. The van der Waals surface area contributed by atoms with E-state index in [1.807, 2.05) is 4.90 Å². The predicted molar refractivity (Wildman–Crippen MR) is 65.3 cm³/mol. The molecule has 1 fully saturated rings. The molecule has 0 radical (unpaired) electrons. The van der Waals surface area contributed by atoms with Crippen LogP contribution in [0.4, 0.5) is 11.4 Å². The van der Waals surface area contributed by atoms with Crippen molar-refractivity contribution in [2.75, 3.05) is 18.0 Å². The topological polar surface area (TPSA) is 90.4 Å². The Hall–Kier alpha value is -2.13. The smallest absolute Gasteiger partial charge is 0.289 e. The number of β-amino-alcohol motifs (C(OH)–C–C–N with tert-alkyl or cyclic N) is 1. The average Bonchev–Trinajstić information content (AvgIpc) is 2.38. The molecule has 1 N–H and O–H groups in total. The number of piperidine rings is 1. The first kappa shape index (κ1) is 12.3. The largest absolute Gasteiger partial charge is 0.391 e. The summed E-state index contributed by atoms with van der Waals surface area (Å²) in [6, 6.07) is 6.34. The highest BCUT2D eigenvalue weighted by molar-refractivity contribution is 5.60. The predicted octanol–water partition coefficient (Wildman–Crippen LogP) is 1.43. The van der Waals surface area contributed by atoms with Gasteiger partial charge in [0.1, 0.15) is 11.6 Å². The molecule has 6 heteroatoms. The molecule has 1 aromatic carbocycles. The van der Waals surface area contributed by atoms with E-state index in [4.69, 9.17) is 5.26 Å². The fraction of sp³-hybridized carbons (Fsp3) is 0.417. The van der Waals surface area contributed by atoms with E-state index in [2.05, 4.69) is 0 Å². The second-order valence-electron chi connectivity index (χ2n) is 4.31. The molecule has 1 aliphatic heterocycles. The van der Waals surface area contributed by atoms with Gasteiger partial charge in [0.05, 0.1) is 11.0 Å². The summed E-state index contributed by atoms with van der Waals surface area (Å²) in [5.74, 6) is 0. The molecule has 2 rings (SSSR count). The minimum Gasteiger partial charge on any atom is -0.391 e. The molecule has 1 unspecified atom stereocenters. The van der Waals surface area contributed by atoms with E-state index >= 15 is 0 Å². The van der Waals surface area contributed by atoms with Gasteiger partial charge in [0.2, 0.25) is 0 Å². The zero-order chi connectivity index (χ0) is 13.1. The number of nitro groups is 1. The third-order valence-corrected chi connectivity index (χ3v) is 3.06. The van der Waals surface area contributed by atoms with E-state index in [0.717, 1.165) is 19.4 Å². The Labute approximate surface area is 104 Å². The zero-order valence-electron chi connectivity index (χ0n) is 9.74. The highest BCUT2D eigenvalue weighted by atomic mass is 16.6. The van der Waals surface area contributed by atoms with Gasteiger partial charge in [-0.05, 0) is 25.0 Å². The van der Waals surface area contributed by atoms with Crippen LogP contribution in [0.1, 0.15) is 18.4 Å². The van der Waals surface area contributed by atoms with E-state index in [1.54, 1.807) is 12.1 Å². The second-order valence-corrected chi connectivity index (χ2v) is 4.31. The number of benzene rings is 1. The Kier molecular flexibility index (Phi) is 3.44. The summed E-state index contributed by atoms with van der Waals surface area (Å²) in [6.45, 7) is 1.24. The van der Waals surface area contributed by atoms with Crippen molar-refractivity contribution in [3.63, 3.8) is 0 Å². The van der Waals surface area contributed by atoms with E-state index in [0.29, 0.717) is 12.2 Å². The third-order valence-electron chi connectivity index (χ3n) is 3.06. The van der Waals surface area contributed by atoms with Gasteiger partial charge in [0.25, 0.3) is 5.69 Å². The Balaban J connectivity index is 2.32. The van der Waals surface area contributed by atoms with Crippen molar-refractivity contribution in [1.82, 2.24) is 0 Å². The summed E-state index contributed by atoms with van der Waals surface area (Å²) in [5.41, 5.74) is 0.552. The van der Waals surface area contributed by atoms with Crippen LogP contribution >= 0.6 is 0 Å². The second kappa shape index (κ2) is 5.02. The number of hydrogen-bond donors (Lipinski definition) is 1. The van der Waals surface area contributed by atoms with Crippen LogP contribution in [0.15, 0.2) is 18.2 Å². The fourth-order valence-corrected chi connectivity index (χ4v) is 2.15. The lowest BCUT2D eigenvalue weighted by Gasteiger charge is -2.31. The maximum atomic E-state index is 10.9. The van der Waals surface area contributed by atoms with E-state index in [9.17, 15) is 15.2 Å². The Bertz CT molecular complexity index is 510. The van der Waals surface area contributed by atoms with Crippen LogP contribution in [0, 0.1) is 21.4 Å². The van der Waals surface area contributed by atoms with Gasteiger partial charge in [-0.25, -0.2) is 0 Å². The first-order chi connectivity index (χ1) is 8.61. The Morgan fingerprint density at radius 3 is 2.94 bits per heavy atom. The molecule has 0 bridgehead atoms. The summed E-state index contributed by atoms with van der Waals surface area (Å²) in [7, 11) is 0. The normalized spacial score (nSPS) is 19.3.